The van der Waals surface area contributed by atoms with Gasteiger partial charge in [0.25, 0.3) is 0 Å². The van der Waals surface area contributed by atoms with Crippen LogP contribution in [0.15, 0.2) is 12.7 Å². The van der Waals surface area contributed by atoms with Crippen LogP contribution < -0.4 is 11.1 Å². The van der Waals surface area contributed by atoms with Crippen LogP contribution in [0.25, 0.3) is 11.2 Å². The zero-order valence-electron chi connectivity index (χ0n) is 10.6. The Morgan fingerprint density at radius 3 is 2.80 bits per heavy atom. The molecule has 9 nitrogen and oxygen atoms in total. The number of nitrogens with two attached hydrogens (primary N) is 1. The fourth-order valence-corrected chi connectivity index (χ4v) is 2.69. The van der Waals surface area contributed by atoms with Crippen LogP contribution in [0.2, 0.25) is 0 Å². The van der Waals surface area contributed by atoms with Gasteiger partial charge in [-0.2, -0.15) is 0 Å². The van der Waals surface area contributed by atoms with Crippen LogP contribution >= 0.6 is 7.60 Å². The first kappa shape index (κ1) is 13.4. The molecule has 0 unspecified atom stereocenters. The summed E-state index contributed by atoms with van der Waals surface area (Å²) in [6.45, 7) is 0.542. The molecule has 0 atom stereocenters. The summed E-state index contributed by atoms with van der Waals surface area (Å²) in [4.78, 5) is 30.1. The van der Waals surface area contributed by atoms with Gasteiger partial charge in [-0.05, 0) is 12.8 Å². The third kappa shape index (κ3) is 2.66. The number of anilines is 1. The number of hydrogen-bond acceptors (Lipinski definition) is 6. The SMILES string of the molecule is Nc1ncnc2c1ncn2CC1(NCP(=O)(O)O)CC1. The number of fused-ring (bicyclic) bond motifs is 1. The molecule has 1 fully saturated rings. The van der Waals surface area contributed by atoms with Crippen molar-refractivity contribution in [3.05, 3.63) is 12.7 Å². The minimum Gasteiger partial charge on any atom is -0.382 e. The maximum absolute atomic E-state index is 10.9. The molecule has 0 saturated heterocycles. The lowest BCUT2D eigenvalue weighted by atomic mass is 10.3. The van der Waals surface area contributed by atoms with Crippen molar-refractivity contribution in [3.8, 4) is 0 Å². The summed E-state index contributed by atoms with van der Waals surface area (Å²) >= 11 is 0. The lowest BCUT2D eigenvalue weighted by Gasteiger charge is -2.18. The van der Waals surface area contributed by atoms with E-state index < -0.39 is 7.60 Å². The second kappa shape index (κ2) is 4.49. The minimum absolute atomic E-state index is 0.297. The molecule has 2 heterocycles. The summed E-state index contributed by atoms with van der Waals surface area (Å²) in [5, 5.41) is 2.94. The van der Waals surface area contributed by atoms with Crippen molar-refractivity contribution in [2.75, 3.05) is 12.0 Å². The predicted molar refractivity (Wildman–Crippen MR) is 71.7 cm³/mol. The van der Waals surface area contributed by atoms with Crippen molar-refractivity contribution in [2.24, 2.45) is 0 Å². The Morgan fingerprint density at radius 1 is 1.40 bits per heavy atom. The molecule has 1 aliphatic carbocycles. The van der Waals surface area contributed by atoms with Crippen LogP contribution in [0.4, 0.5) is 5.82 Å². The number of nitrogens with one attached hydrogen (secondary N) is 1. The molecular formula is C10H15N6O3P. The number of imidazole rings is 1. The molecule has 5 N–H and O–H groups in total. The second-order valence-electron chi connectivity index (χ2n) is 5.08. The molecule has 0 radical (unpaired) electrons. The van der Waals surface area contributed by atoms with Gasteiger partial charge in [0.05, 0.1) is 12.6 Å². The molecule has 2 aromatic rings. The largest absolute Gasteiger partial charge is 0.382 e. The normalized spacial score (nSPS) is 17.5. The van der Waals surface area contributed by atoms with E-state index in [4.69, 9.17) is 15.5 Å². The Morgan fingerprint density at radius 2 is 2.15 bits per heavy atom. The Hall–Kier alpha value is -1.54. The van der Waals surface area contributed by atoms with E-state index in [-0.39, 0.29) is 11.8 Å². The summed E-state index contributed by atoms with van der Waals surface area (Å²) in [6, 6.07) is 0. The number of nitrogen functional groups attached to an aromatic ring is 1. The zero-order chi connectivity index (χ0) is 14.4. The van der Waals surface area contributed by atoms with E-state index in [9.17, 15) is 4.57 Å². The van der Waals surface area contributed by atoms with E-state index >= 15 is 0 Å². The molecule has 1 saturated carbocycles. The van der Waals surface area contributed by atoms with Gasteiger partial charge in [-0.25, -0.2) is 15.0 Å². The average molecular weight is 298 g/mol. The van der Waals surface area contributed by atoms with Gasteiger partial charge in [0.1, 0.15) is 11.8 Å². The first-order chi connectivity index (χ1) is 9.39. The summed E-state index contributed by atoms with van der Waals surface area (Å²) in [5.74, 6) is 0.321. The van der Waals surface area contributed by atoms with E-state index in [1.165, 1.54) is 6.33 Å². The fourth-order valence-electron chi connectivity index (χ4n) is 2.15. The van der Waals surface area contributed by atoms with Crippen molar-refractivity contribution in [1.29, 1.82) is 0 Å². The van der Waals surface area contributed by atoms with Crippen LogP contribution in [0.3, 0.4) is 0 Å². The monoisotopic (exact) mass is 298 g/mol. The Balaban J connectivity index is 1.80. The molecule has 108 valence electrons. The maximum atomic E-state index is 10.9. The number of aromatic nitrogens is 4. The molecule has 2 aromatic heterocycles. The molecule has 0 bridgehead atoms. The molecule has 20 heavy (non-hydrogen) atoms. The number of nitrogens with zero attached hydrogens (tertiary/aromatic N) is 4. The van der Waals surface area contributed by atoms with Gasteiger partial charge in [-0.3, -0.25) is 9.88 Å². The van der Waals surface area contributed by atoms with Crippen LogP contribution in [0, 0.1) is 0 Å². The summed E-state index contributed by atoms with van der Waals surface area (Å²) < 4.78 is 12.8. The van der Waals surface area contributed by atoms with Gasteiger partial charge in [-0.15, -0.1) is 0 Å². The van der Waals surface area contributed by atoms with E-state index in [0.717, 1.165) is 12.8 Å². The highest BCUT2D eigenvalue weighted by atomic mass is 31.2. The third-order valence-corrected chi connectivity index (χ3v) is 3.99. The van der Waals surface area contributed by atoms with Crippen LogP contribution in [0.1, 0.15) is 12.8 Å². The van der Waals surface area contributed by atoms with Gasteiger partial charge < -0.3 is 20.1 Å². The van der Waals surface area contributed by atoms with Crippen molar-refractivity contribution >= 4 is 24.6 Å². The van der Waals surface area contributed by atoms with Crippen molar-refractivity contribution < 1.29 is 14.4 Å². The average Bonchev–Trinajstić information content (AvgIpc) is 3.01. The minimum atomic E-state index is -4.05. The molecule has 1 aliphatic rings. The predicted octanol–water partition coefficient (Wildman–Crippen LogP) is -0.334. The van der Waals surface area contributed by atoms with Crippen LogP contribution in [-0.2, 0) is 11.1 Å². The van der Waals surface area contributed by atoms with E-state index in [2.05, 4.69) is 20.3 Å². The number of hydrogen-bond donors (Lipinski definition) is 4. The standard InChI is InChI=1S/C10H15N6O3P/c11-8-7-9(13-4-12-8)16(5-14-7)3-10(1-2-10)15-6-20(17,18)19/h4-5,15H,1-3,6H2,(H2,11,12,13)(H2,17,18,19). The molecular weight excluding hydrogens is 283 g/mol. The number of rotatable bonds is 5. The van der Waals surface area contributed by atoms with E-state index in [0.29, 0.717) is 23.5 Å². The zero-order valence-corrected chi connectivity index (χ0v) is 11.5. The van der Waals surface area contributed by atoms with Crippen molar-refractivity contribution in [1.82, 2.24) is 24.8 Å². The van der Waals surface area contributed by atoms with E-state index in [1.807, 2.05) is 4.57 Å². The third-order valence-electron chi connectivity index (χ3n) is 3.42. The lowest BCUT2D eigenvalue weighted by Crippen LogP contribution is -2.36. The van der Waals surface area contributed by atoms with Crippen molar-refractivity contribution in [3.63, 3.8) is 0 Å². The Bertz CT molecular complexity index is 691. The Labute approximate surface area is 114 Å². The second-order valence-corrected chi connectivity index (χ2v) is 6.73. The highest BCUT2D eigenvalue weighted by Gasteiger charge is 2.44. The highest BCUT2D eigenvalue weighted by Crippen LogP contribution is 2.41. The molecule has 0 amide bonds. The van der Waals surface area contributed by atoms with Gasteiger partial charge >= 0.3 is 7.60 Å². The van der Waals surface area contributed by atoms with Crippen molar-refractivity contribution in [2.45, 2.75) is 24.9 Å². The van der Waals surface area contributed by atoms with Crippen LogP contribution in [0.5, 0.6) is 0 Å². The maximum Gasteiger partial charge on any atom is 0.339 e. The summed E-state index contributed by atoms with van der Waals surface area (Å²) in [7, 11) is -4.05. The first-order valence-corrected chi connectivity index (χ1v) is 7.89. The first-order valence-electron chi connectivity index (χ1n) is 6.10. The summed E-state index contributed by atoms with van der Waals surface area (Å²) in [6.07, 6.45) is 4.38. The molecule has 0 spiro atoms. The summed E-state index contributed by atoms with van der Waals surface area (Å²) in [5.41, 5.74) is 6.59. The lowest BCUT2D eigenvalue weighted by molar-refractivity contribution is 0.355. The fraction of sp³-hybridized carbons (Fsp3) is 0.500. The molecule has 10 heteroatoms. The van der Waals surface area contributed by atoms with E-state index in [1.54, 1.807) is 6.33 Å². The molecule has 0 aliphatic heterocycles. The van der Waals surface area contributed by atoms with Gasteiger partial charge in [0.15, 0.2) is 11.5 Å². The molecule has 0 aromatic carbocycles. The van der Waals surface area contributed by atoms with Gasteiger partial charge in [-0.1, -0.05) is 0 Å². The highest BCUT2D eigenvalue weighted by molar-refractivity contribution is 7.51. The quantitative estimate of drug-likeness (QED) is 0.550. The van der Waals surface area contributed by atoms with Gasteiger partial charge in [0.2, 0.25) is 0 Å². The molecule has 3 rings (SSSR count). The Kier molecular flexibility index (Phi) is 3.02. The van der Waals surface area contributed by atoms with Gasteiger partial charge in [0, 0.05) is 12.1 Å². The topological polar surface area (TPSA) is 139 Å². The smallest absolute Gasteiger partial charge is 0.339 e. The van der Waals surface area contributed by atoms with Crippen LogP contribution in [-0.4, -0.2) is 41.1 Å².